The minimum absolute atomic E-state index is 0.0886. The van der Waals surface area contributed by atoms with Gasteiger partial charge in [-0.05, 0) is 18.9 Å². The zero-order valence-corrected chi connectivity index (χ0v) is 8.74. The zero-order chi connectivity index (χ0) is 11.3. The van der Waals surface area contributed by atoms with Crippen LogP contribution in [0.2, 0.25) is 0 Å². The Hall–Kier alpha value is -1.13. The average molecular weight is 213 g/mol. The van der Waals surface area contributed by atoms with Gasteiger partial charge in [-0.25, -0.2) is 4.39 Å². The van der Waals surface area contributed by atoms with Crippen molar-refractivity contribution in [2.75, 3.05) is 13.7 Å². The Morgan fingerprint density at radius 3 is 2.87 bits per heavy atom. The fourth-order valence-electron chi connectivity index (χ4n) is 1.50. The van der Waals surface area contributed by atoms with Crippen molar-refractivity contribution in [3.8, 4) is 5.75 Å². The quantitative estimate of drug-likeness (QED) is 0.781. The van der Waals surface area contributed by atoms with Crippen LogP contribution in [-0.2, 0) is 0 Å². The summed E-state index contributed by atoms with van der Waals surface area (Å²) in [5.74, 6) is -0.211. The number of benzene rings is 1. The predicted molar refractivity (Wildman–Crippen MR) is 56.2 cm³/mol. The van der Waals surface area contributed by atoms with Gasteiger partial charge in [0.05, 0.1) is 7.11 Å². The molecule has 0 amide bonds. The summed E-state index contributed by atoms with van der Waals surface area (Å²) in [7, 11) is 1.42. The number of hydrogen-bond acceptors (Lipinski definition) is 3. The lowest BCUT2D eigenvalue weighted by Gasteiger charge is -2.15. The molecule has 1 aromatic carbocycles. The molecule has 15 heavy (non-hydrogen) atoms. The number of hydrogen-bond donors (Lipinski definition) is 2. The van der Waals surface area contributed by atoms with E-state index in [1.165, 1.54) is 13.2 Å². The zero-order valence-electron chi connectivity index (χ0n) is 8.74. The first-order valence-corrected chi connectivity index (χ1v) is 4.89. The summed E-state index contributed by atoms with van der Waals surface area (Å²) in [5, 5.41) is 8.68. The van der Waals surface area contributed by atoms with Gasteiger partial charge in [-0.3, -0.25) is 0 Å². The Labute approximate surface area is 88.7 Å². The van der Waals surface area contributed by atoms with Crippen LogP contribution < -0.4 is 10.5 Å². The number of aliphatic hydroxyl groups excluding tert-OH is 1. The van der Waals surface area contributed by atoms with Gasteiger partial charge in [0, 0.05) is 18.2 Å². The van der Waals surface area contributed by atoms with Gasteiger partial charge >= 0.3 is 0 Å². The number of para-hydroxylation sites is 1. The molecular weight excluding hydrogens is 197 g/mol. The third kappa shape index (κ3) is 2.91. The van der Waals surface area contributed by atoms with Crippen LogP contribution >= 0.6 is 0 Å². The number of rotatable bonds is 5. The third-order valence-corrected chi connectivity index (χ3v) is 2.27. The molecule has 0 heterocycles. The molecule has 1 rings (SSSR count). The minimum atomic E-state index is -0.408. The predicted octanol–water partition coefficient (Wildman–Crippen LogP) is 1.61. The normalized spacial score (nSPS) is 12.5. The van der Waals surface area contributed by atoms with Gasteiger partial charge in [0.25, 0.3) is 0 Å². The molecule has 0 aliphatic carbocycles. The summed E-state index contributed by atoms with van der Waals surface area (Å²) in [6, 6.07) is 4.37. The van der Waals surface area contributed by atoms with Crippen LogP contribution in [0.4, 0.5) is 4.39 Å². The van der Waals surface area contributed by atoms with Gasteiger partial charge in [-0.1, -0.05) is 12.1 Å². The average Bonchev–Trinajstić information content (AvgIpc) is 2.25. The molecular formula is C11H16FNO2. The molecule has 0 bridgehead atoms. The highest BCUT2D eigenvalue weighted by Crippen LogP contribution is 2.28. The van der Waals surface area contributed by atoms with Crippen LogP contribution in [-0.4, -0.2) is 18.8 Å². The number of halogens is 1. The lowest BCUT2D eigenvalue weighted by atomic mass is 10.0. The largest absolute Gasteiger partial charge is 0.493 e. The maximum Gasteiger partial charge on any atom is 0.165 e. The Bertz CT molecular complexity index is 317. The molecule has 0 unspecified atom stereocenters. The van der Waals surface area contributed by atoms with E-state index in [1.807, 2.05) is 0 Å². The summed E-state index contributed by atoms with van der Waals surface area (Å²) in [5.41, 5.74) is 6.51. The maximum absolute atomic E-state index is 13.3. The number of methoxy groups -OCH3 is 1. The van der Waals surface area contributed by atoms with Crippen molar-refractivity contribution in [3.63, 3.8) is 0 Å². The molecule has 0 aliphatic rings. The van der Waals surface area contributed by atoms with Crippen molar-refractivity contribution in [1.29, 1.82) is 0 Å². The first kappa shape index (κ1) is 11.9. The van der Waals surface area contributed by atoms with Crippen LogP contribution in [0.3, 0.4) is 0 Å². The Balaban J connectivity index is 2.87. The first-order valence-electron chi connectivity index (χ1n) is 4.89. The fraction of sp³-hybridized carbons (Fsp3) is 0.455. The minimum Gasteiger partial charge on any atom is -0.493 e. The lowest BCUT2D eigenvalue weighted by molar-refractivity contribution is 0.279. The highest BCUT2D eigenvalue weighted by Gasteiger charge is 2.14. The molecule has 0 radical (unpaired) electrons. The van der Waals surface area contributed by atoms with E-state index >= 15 is 0 Å². The van der Waals surface area contributed by atoms with Gasteiger partial charge in [-0.2, -0.15) is 0 Å². The van der Waals surface area contributed by atoms with Gasteiger partial charge in [0.15, 0.2) is 11.6 Å². The maximum atomic E-state index is 13.3. The summed E-state index contributed by atoms with van der Waals surface area (Å²) in [6.07, 6.45) is 1.21. The van der Waals surface area contributed by atoms with Crippen LogP contribution in [0.25, 0.3) is 0 Å². The van der Waals surface area contributed by atoms with Crippen LogP contribution in [0.15, 0.2) is 18.2 Å². The fourth-order valence-corrected chi connectivity index (χ4v) is 1.50. The van der Waals surface area contributed by atoms with Crippen LogP contribution in [0.1, 0.15) is 24.4 Å². The van der Waals surface area contributed by atoms with Crippen molar-refractivity contribution >= 4 is 0 Å². The second kappa shape index (κ2) is 5.68. The molecule has 0 aromatic heterocycles. The van der Waals surface area contributed by atoms with E-state index in [2.05, 4.69) is 0 Å². The van der Waals surface area contributed by atoms with E-state index in [-0.39, 0.29) is 18.4 Å². The second-order valence-corrected chi connectivity index (χ2v) is 3.33. The van der Waals surface area contributed by atoms with E-state index in [0.29, 0.717) is 18.4 Å². The van der Waals surface area contributed by atoms with E-state index in [4.69, 9.17) is 15.6 Å². The van der Waals surface area contributed by atoms with Gasteiger partial charge in [0.1, 0.15) is 0 Å². The number of aliphatic hydroxyl groups is 1. The Morgan fingerprint density at radius 2 is 2.27 bits per heavy atom. The van der Waals surface area contributed by atoms with Crippen molar-refractivity contribution in [2.24, 2.45) is 5.73 Å². The SMILES string of the molecule is COc1c(F)cccc1[C@@H](N)CCCO. The first-order chi connectivity index (χ1) is 7.20. The van der Waals surface area contributed by atoms with E-state index in [9.17, 15) is 4.39 Å². The van der Waals surface area contributed by atoms with Crippen LogP contribution in [0, 0.1) is 5.82 Å². The smallest absolute Gasteiger partial charge is 0.165 e. The molecule has 0 fully saturated rings. The second-order valence-electron chi connectivity index (χ2n) is 3.33. The lowest BCUT2D eigenvalue weighted by Crippen LogP contribution is -2.12. The molecule has 0 saturated heterocycles. The molecule has 1 aromatic rings. The van der Waals surface area contributed by atoms with Crippen molar-refractivity contribution in [2.45, 2.75) is 18.9 Å². The standard InChI is InChI=1S/C11H16FNO2/c1-15-11-8(4-2-5-9(11)12)10(13)6-3-7-14/h2,4-5,10,14H,3,6-7,13H2,1H3/t10-/m0/s1. The summed E-state index contributed by atoms with van der Waals surface area (Å²) >= 11 is 0. The molecule has 1 atom stereocenters. The molecule has 0 spiro atoms. The number of nitrogens with two attached hydrogens (primary N) is 1. The molecule has 0 aliphatic heterocycles. The summed E-state index contributed by atoms with van der Waals surface area (Å²) < 4.78 is 18.3. The molecule has 3 N–H and O–H groups in total. The molecule has 3 nitrogen and oxygen atoms in total. The van der Waals surface area contributed by atoms with Gasteiger partial charge in [-0.15, -0.1) is 0 Å². The van der Waals surface area contributed by atoms with Gasteiger partial charge in [0.2, 0.25) is 0 Å². The Morgan fingerprint density at radius 1 is 1.53 bits per heavy atom. The van der Waals surface area contributed by atoms with E-state index in [1.54, 1.807) is 12.1 Å². The summed E-state index contributed by atoms with van der Waals surface area (Å²) in [4.78, 5) is 0. The topological polar surface area (TPSA) is 55.5 Å². The monoisotopic (exact) mass is 213 g/mol. The van der Waals surface area contributed by atoms with Crippen molar-refractivity contribution < 1.29 is 14.2 Å². The molecule has 84 valence electrons. The van der Waals surface area contributed by atoms with Crippen LogP contribution in [0.5, 0.6) is 5.75 Å². The number of ether oxygens (including phenoxy) is 1. The van der Waals surface area contributed by atoms with E-state index < -0.39 is 5.82 Å². The summed E-state index contributed by atoms with van der Waals surface area (Å²) in [6.45, 7) is 0.0886. The van der Waals surface area contributed by atoms with Gasteiger partial charge < -0.3 is 15.6 Å². The highest BCUT2D eigenvalue weighted by molar-refractivity contribution is 5.37. The highest BCUT2D eigenvalue weighted by atomic mass is 19.1. The molecule has 0 saturated carbocycles. The van der Waals surface area contributed by atoms with Crippen molar-refractivity contribution in [3.05, 3.63) is 29.6 Å². The Kier molecular flexibility index (Phi) is 4.52. The van der Waals surface area contributed by atoms with Crippen molar-refractivity contribution in [1.82, 2.24) is 0 Å². The third-order valence-electron chi connectivity index (χ3n) is 2.27. The molecule has 4 heteroatoms. The van der Waals surface area contributed by atoms with E-state index in [0.717, 1.165) is 0 Å².